The summed E-state index contributed by atoms with van der Waals surface area (Å²) in [5, 5.41) is 3.44. The summed E-state index contributed by atoms with van der Waals surface area (Å²) in [5.41, 5.74) is 1.38. The highest BCUT2D eigenvalue weighted by molar-refractivity contribution is 5.38. The third kappa shape index (κ3) is 2.51. The van der Waals surface area contributed by atoms with Gasteiger partial charge in [0.15, 0.2) is 0 Å². The van der Waals surface area contributed by atoms with Gasteiger partial charge in [0.1, 0.15) is 5.82 Å². The number of nitrogens with one attached hydrogen (secondary N) is 1. The Morgan fingerprint density at radius 1 is 1.28 bits per heavy atom. The fourth-order valence-electron chi connectivity index (χ4n) is 2.89. The van der Waals surface area contributed by atoms with Crippen molar-refractivity contribution in [2.45, 2.75) is 57.7 Å². The van der Waals surface area contributed by atoms with Gasteiger partial charge in [-0.25, -0.2) is 4.98 Å². The van der Waals surface area contributed by atoms with Crippen molar-refractivity contribution in [3.8, 4) is 0 Å². The maximum atomic E-state index is 4.56. The molecule has 3 heteroatoms. The molecule has 0 amide bonds. The Hall–Kier alpha value is -1.09. The van der Waals surface area contributed by atoms with E-state index in [0.29, 0.717) is 18.1 Å². The number of aromatic nitrogens is 1. The molecule has 1 N–H and O–H groups in total. The minimum atomic E-state index is 0.576. The highest BCUT2D eigenvalue weighted by atomic mass is 15.2. The van der Waals surface area contributed by atoms with Crippen LogP contribution < -0.4 is 5.32 Å². The monoisotopic (exact) mass is 245 g/mol. The van der Waals surface area contributed by atoms with Crippen LogP contribution in [0.25, 0.3) is 0 Å². The molecule has 0 bridgehead atoms. The Balaban J connectivity index is 1.71. The second kappa shape index (κ2) is 4.88. The zero-order chi connectivity index (χ0) is 12.5. The van der Waals surface area contributed by atoms with Gasteiger partial charge < -0.3 is 5.32 Å². The number of likely N-dealkylation sites (tertiary alicyclic amines) is 1. The second-order valence-electron chi connectivity index (χ2n) is 5.88. The van der Waals surface area contributed by atoms with Gasteiger partial charge in [-0.3, -0.25) is 4.90 Å². The summed E-state index contributed by atoms with van der Waals surface area (Å²) in [6.45, 7) is 5.80. The van der Waals surface area contributed by atoms with Crippen molar-refractivity contribution in [2.24, 2.45) is 0 Å². The summed E-state index contributed by atoms with van der Waals surface area (Å²) in [6, 6.07) is 6.28. The van der Waals surface area contributed by atoms with Crippen LogP contribution in [0.2, 0.25) is 0 Å². The smallest absolute Gasteiger partial charge is 0.126 e. The van der Waals surface area contributed by atoms with E-state index in [0.717, 1.165) is 5.82 Å². The number of hydrogen-bond donors (Lipinski definition) is 1. The third-order valence-electron chi connectivity index (χ3n) is 4.06. The molecule has 98 valence electrons. The second-order valence-corrected chi connectivity index (χ2v) is 5.88. The van der Waals surface area contributed by atoms with Crippen LogP contribution in [0.5, 0.6) is 0 Å². The summed E-state index contributed by atoms with van der Waals surface area (Å²) in [6.07, 6.45) is 7.25. The first-order valence-corrected chi connectivity index (χ1v) is 7.22. The Morgan fingerprint density at radius 2 is 2.11 bits per heavy atom. The third-order valence-corrected chi connectivity index (χ3v) is 4.06. The van der Waals surface area contributed by atoms with Gasteiger partial charge in [-0.15, -0.1) is 0 Å². The number of rotatable bonds is 4. The lowest BCUT2D eigenvalue weighted by molar-refractivity contribution is 0.205. The average Bonchev–Trinajstić information content (AvgIpc) is 3.04. The van der Waals surface area contributed by atoms with E-state index < -0.39 is 0 Å². The van der Waals surface area contributed by atoms with Crippen molar-refractivity contribution < 1.29 is 0 Å². The fraction of sp³-hybridized carbons (Fsp3) is 0.667. The van der Waals surface area contributed by atoms with Crippen molar-refractivity contribution in [2.75, 3.05) is 11.9 Å². The van der Waals surface area contributed by atoms with Crippen molar-refractivity contribution in [1.29, 1.82) is 0 Å². The molecule has 0 aromatic carbocycles. The minimum absolute atomic E-state index is 0.576. The van der Waals surface area contributed by atoms with Crippen molar-refractivity contribution in [3.63, 3.8) is 0 Å². The molecule has 3 rings (SSSR count). The molecule has 1 aliphatic heterocycles. The number of pyridine rings is 1. The summed E-state index contributed by atoms with van der Waals surface area (Å²) < 4.78 is 0. The lowest BCUT2D eigenvalue weighted by Gasteiger charge is -2.28. The first-order valence-electron chi connectivity index (χ1n) is 7.22. The van der Waals surface area contributed by atoms with Crippen LogP contribution in [0.15, 0.2) is 18.3 Å². The van der Waals surface area contributed by atoms with Crippen LogP contribution in [-0.4, -0.2) is 28.5 Å². The Morgan fingerprint density at radius 3 is 2.72 bits per heavy atom. The Kier molecular flexibility index (Phi) is 3.25. The molecule has 2 fully saturated rings. The van der Waals surface area contributed by atoms with Gasteiger partial charge in [0.2, 0.25) is 0 Å². The largest absolute Gasteiger partial charge is 0.367 e. The predicted octanol–water partition coefficient (Wildman–Crippen LogP) is 3.20. The topological polar surface area (TPSA) is 28.2 Å². The molecular formula is C15H23N3. The number of nitrogens with zero attached hydrogens (tertiary/aromatic N) is 2. The van der Waals surface area contributed by atoms with Crippen LogP contribution in [0, 0.1) is 0 Å². The average molecular weight is 245 g/mol. The first-order chi connectivity index (χ1) is 8.74. The van der Waals surface area contributed by atoms with E-state index in [1.165, 1.54) is 37.8 Å². The van der Waals surface area contributed by atoms with Gasteiger partial charge in [-0.2, -0.15) is 0 Å². The molecule has 18 heavy (non-hydrogen) atoms. The van der Waals surface area contributed by atoms with E-state index in [2.05, 4.69) is 47.4 Å². The maximum absolute atomic E-state index is 4.56. The molecule has 1 saturated carbocycles. The van der Waals surface area contributed by atoms with E-state index in [1.807, 2.05) is 0 Å². The van der Waals surface area contributed by atoms with Crippen LogP contribution in [0.4, 0.5) is 5.82 Å². The predicted molar refractivity (Wildman–Crippen MR) is 74.7 cm³/mol. The van der Waals surface area contributed by atoms with Crippen LogP contribution in [-0.2, 0) is 0 Å². The number of anilines is 1. The van der Waals surface area contributed by atoms with Gasteiger partial charge >= 0.3 is 0 Å². The van der Waals surface area contributed by atoms with Gasteiger partial charge in [0.05, 0.1) is 0 Å². The lowest BCUT2D eigenvalue weighted by atomic mass is 10.1. The van der Waals surface area contributed by atoms with Crippen molar-refractivity contribution >= 4 is 5.82 Å². The molecule has 0 spiro atoms. The quantitative estimate of drug-likeness (QED) is 0.883. The van der Waals surface area contributed by atoms with Crippen LogP contribution >= 0.6 is 0 Å². The SMILES string of the molecule is CC(C)N1CCC[C@@H]1c1ccc(NC2CC2)nc1. The number of hydrogen-bond acceptors (Lipinski definition) is 3. The molecule has 2 heterocycles. The molecule has 3 nitrogen and oxygen atoms in total. The molecule has 2 aliphatic rings. The Bertz CT molecular complexity index is 395. The molecular weight excluding hydrogens is 222 g/mol. The highest BCUT2D eigenvalue weighted by Crippen LogP contribution is 2.33. The normalized spacial score (nSPS) is 24.7. The van der Waals surface area contributed by atoms with E-state index in [-0.39, 0.29) is 0 Å². The zero-order valence-electron chi connectivity index (χ0n) is 11.4. The van der Waals surface area contributed by atoms with Gasteiger partial charge in [0.25, 0.3) is 0 Å². The maximum Gasteiger partial charge on any atom is 0.126 e. The molecule has 0 radical (unpaired) electrons. The molecule has 1 atom stereocenters. The van der Waals surface area contributed by atoms with Crippen molar-refractivity contribution in [3.05, 3.63) is 23.9 Å². The summed E-state index contributed by atoms with van der Waals surface area (Å²) in [4.78, 5) is 7.15. The molecule has 0 unspecified atom stereocenters. The van der Waals surface area contributed by atoms with Crippen LogP contribution in [0.3, 0.4) is 0 Å². The first kappa shape index (κ1) is 12.0. The summed E-state index contributed by atoms with van der Waals surface area (Å²) in [5.74, 6) is 1.04. The van der Waals surface area contributed by atoms with E-state index in [9.17, 15) is 0 Å². The molecule has 1 aromatic rings. The fourth-order valence-corrected chi connectivity index (χ4v) is 2.89. The Labute approximate surface area is 110 Å². The van der Waals surface area contributed by atoms with Crippen molar-refractivity contribution in [1.82, 2.24) is 9.88 Å². The molecule has 1 aliphatic carbocycles. The van der Waals surface area contributed by atoms with Gasteiger partial charge in [0, 0.05) is 24.3 Å². The van der Waals surface area contributed by atoms with Crippen LogP contribution in [0.1, 0.15) is 51.1 Å². The highest BCUT2D eigenvalue weighted by Gasteiger charge is 2.28. The van der Waals surface area contributed by atoms with E-state index >= 15 is 0 Å². The van der Waals surface area contributed by atoms with Gasteiger partial charge in [-0.1, -0.05) is 6.07 Å². The van der Waals surface area contributed by atoms with E-state index in [4.69, 9.17) is 0 Å². The lowest BCUT2D eigenvalue weighted by Crippen LogP contribution is -2.30. The van der Waals surface area contributed by atoms with Gasteiger partial charge in [-0.05, 0) is 57.7 Å². The summed E-state index contributed by atoms with van der Waals surface area (Å²) >= 11 is 0. The molecule has 1 aromatic heterocycles. The minimum Gasteiger partial charge on any atom is -0.367 e. The van der Waals surface area contributed by atoms with E-state index in [1.54, 1.807) is 0 Å². The standard InChI is InChI=1S/C15H23N3/c1-11(2)18-9-3-4-14(18)12-5-8-15(16-10-12)17-13-6-7-13/h5,8,10-11,13-14H,3-4,6-7,9H2,1-2H3,(H,16,17)/t14-/m1/s1. The molecule has 1 saturated heterocycles. The summed E-state index contributed by atoms with van der Waals surface area (Å²) in [7, 11) is 0. The zero-order valence-corrected chi connectivity index (χ0v) is 11.4.